The standard InChI is InChI=1S/C17H16FN3OS/c18-12-5-3-11(4-6-12)14-9-23-17-15(14)16(20-10-21-17)19-8-13-2-1-7-22-13/h3-6,9-10,13H,1-2,7-8H2,(H,19,20,21)/t13-/m1/s1. The van der Waals surface area contributed by atoms with Gasteiger partial charge in [0.1, 0.15) is 22.8 Å². The van der Waals surface area contributed by atoms with Crippen LogP contribution in [-0.2, 0) is 4.74 Å². The zero-order valence-corrected chi connectivity index (χ0v) is 13.3. The molecular weight excluding hydrogens is 313 g/mol. The third kappa shape index (κ3) is 2.92. The SMILES string of the molecule is Fc1ccc(-c2csc3ncnc(NC[C@H]4CCCO4)c23)cc1. The third-order valence-corrected chi connectivity index (χ3v) is 4.93. The maximum atomic E-state index is 13.2. The molecule has 1 aliphatic rings. The normalized spacial score (nSPS) is 17.7. The number of anilines is 1. The summed E-state index contributed by atoms with van der Waals surface area (Å²) in [4.78, 5) is 9.67. The minimum absolute atomic E-state index is 0.235. The smallest absolute Gasteiger partial charge is 0.138 e. The second-order valence-corrected chi connectivity index (χ2v) is 6.43. The molecule has 0 bridgehead atoms. The highest BCUT2D eigenvalue weighted by molar-refractivity contribution is 7.17. The molecule has 0 unspecified atom stereocenters. The van der Waals surface area contributed by atoms with E-state index in [1.165, 1.54) is 12.1 Å². The van der Waals surface area contributed by atoms with E-state index in [4.69, 9.17) is 4.74 Å². The lowest BCUT2D eigenvalue weighted by Gasteiger charge is -2.12. The van der Waals surface area contributed by atoms with Gasteiger partial charge in [0, 0.05) is 24.1 Å². The molecular formula is C17H16FN3OS. The minimum atomic E-state index is -0.235. The van der Waals surface area contributed by atoms with E-state index in [0.29, 0.717) is 0 Å². The third-order valence-electron chi connectivity index (χ3n) is 4.05. The number of nitrogens with one attached hydrogen (secondary N) is 1. The van der Waals surface area contributed by atoms with E-state index in [9.17, 15) is 4.39 Å². The number of rotatable bonds is 4. The first-order valence-corrected chi connectivity index (χ1v) is 8.53. The van der Waals surface area contributed by atoms with Gasteiger partial charge in [-0.2, -0.15) is 0 Å². The van der Waals surface area contributed by atoms with E-state index in [1.54, 1.807) is 29.8 Å². The fourth-order valence-corrected chi connectivity index (χ4v) is 3.78. The summed E-state index contributed by atoms with van der Waals surface area (Å²) in [5.41, 5.74) is 1.99. The van der Waals surface area contributed by atoms with Crippen LogP contribution in [0.2, 0.25) is 0 Å². The molecule has 0 amide bonds. The number of hydrogen-bond acceptors (Lipinski definition) is 5. The number of benzene rings is 1. The molecule has 3 aromatic rings. The van der Waals surface area contributed by atoms with Crippen LogP contribution in [0.5, 0.6) is 0 Å². The van der Waals surface area contributed by atoms with Crippen molar-refractivity contribution in [3.8, 4) is 11.1 Å². The molecule has 1 saturated heterocycles. The highest BCUT2D eigenvalue weighted by atomic mass is 32.1. The molecule has 23 heavy (non-hydrogen) atoms. The molecule has 4 rings (SSSR count). The van der Waals surface area contributed by atoms with Gasteiger partial charge in [0.25, 0.3) is 0 Å². The first-order valence-electron chi connectivity index (χ1n) is 7.65. The summed E-state index contributed by atoms with van der Waals surface area (Å²) >= 11 is 1.57. The minimum Gasteiger partial charge on any atom is -0.376 e. The van der Waals surface area contributed by atoms with E-state index in [-0.39, 0.29) is 11.9 Å². The summed E-state index contributed by atoms with van der Waals surface area (Å²) in [6.07, 6.45) is 4.01. The highest BCUT2D eigenvalue weighted by Crippen LogP contribution is 2.36. The summed E-state index contributed by atoms with van der Waals surface area (Å²) < 4.78 is 18.8. The van der Waals surface area contributed by atoms with Gasteiger partial charge in [-0.3, -0.25) is 0 Å². The van der Waals surface area contributed by atoms with Crippen LogP contribution in [0.1, 0.15) is 12.8 Å². The van der Waals surface area contributed by atoms with Crippen LogP contribution in [0.3, 0.4) is 0 Å². The van der Waals surface area contributed by atoms with Gasteiger partial charge in [-0.05, 0) is 30.5 Å². The Balaban J connectivity index is 1.69. The van der Waals surface area contributed by atoms with E-state index in [1.807, 2.05) is 5.38 Å². The molecule has 6 heteroatoms. The number of hydrogen-bond donors (Lipinski definition) is 1. The van der Waals surface area contributed by atoms with Gasteiger partial charge in [-0.15, -0.1) is 11.3 Å². The lowest BCUT2D eigenvalue weighted by atomic mass is 10.1. The van der Waals surface area contributed by atoms with Gasteiger partial charge in [-0.25, -0.2) is 14.4 Å². The van der Waals surface area contributed by atoms with Crippen LogP contribution in [0.4, 0.5) is 10.2 Å². The fraction of sp³-hybridized carbons (Fsp3) is 0.294. The summed E-state index contributed by atoms with van der Waals surface area (Å²) in [7, 11) is 0. The van der Waals surface area contributed by atoms with Gasteiger partial charge in [0.05, 0.1) is 11.5 Å². The van der Waals surface area contributed by atoms with Crippen molar-refractivity contribution in [3.05, 3.63) is 41.8 Å². The molecule has 0 saturated carbocycles. The lowest BCUT2D eigenvalue weighted by Crippen LogP contribution is -2.19. The Morgan fingerprint density at radius 2 is 2.13 bits per heavy atom. The Labute approximate surface area is 137 Å². The van der Waals surface area contributed by atoms with Crippen LogP contribution in [0, 0.1) is 5.82 Å². The largest absolute Gasteiger partial charge is 0.376 e. The van der Waals surface area contributed by atoms with E-state index in [2.05, 4.69) is 15.3 Å². The first-order chi connectivity index (χ1) is 11.3. The zero-order valence-electron chi connectivity index (χ0n) is 12.5. The Morgan fingerprint density at radius 3 is 2.91 bits per heavy atom. The van der Waals surface area contributed by atoms with Crippen molar-refractivity contribution < 1.29 is 9.13 Å². The van der Waals surface area contributed by atoms with E-state index in [0.717, 1.165) is 53.2 Å². The maximum Gasteiger partial charge on any atom is 0.138 e. The monoisotopic (exact) mass is 329 g/mol. The second-order valence-electron chi connectivity index (χ2n) is 5.57. The fourth-order valence-electron chi connectivity index (χ4n) is 2.87. The van der Waals surface area contributed by atoms with Crippen LogP contribution in [0.25, 0.3) is 21.3 Å². The molecule has 0 spiro atoms. The molecule has 1 fully saturated rings. The number of nitrogens with zero attached hydrogens (tertiary/aromatic N) is 2. The molecule has 0 aliphatic carbocycles. The summed E-state index contributed by atoms with van der Waals surface area (Å²) in [5.74, 6) is 0.576. The second kappa shape index (κ2) is 6.22. The molecule has 1 aliphatic heterocycles. The molecule has 0 radical (unpaired) electrons. The predicted octanol–water partition coefficient (Wildman–Crippen LogP) is 4.09. The molecule has 2 aromatic heterocycles. The molecule has 1 N–H and O–H groups in total. The van der Waals surface area contributed by atoms with Gasteiger partial charge in [0.15, 0.2) is 0 Å². The average molecular weight is 329 g/mol. The van der Waals surface area contributed by atoms with Crippen LogP contribution in [0.15, 0.2) is 36.0 Å². The number of thiophene rings is 1. The zero-order chi connectivity index (χ0) is 15.6. The van der Waals surface area contributed by atoms with Crippen LogP contribution in [-0.4, -0.2) is 29.2 Å². The molecule has 1 aromatic carbocycles. The van der Waals surface area contributed by atoms with Crippen LogP contribution >= 0.6 is 11.3 Å². The van der Waals surface area contributed by atoms with Gasteiger partial charge >= 0.3 is 0 Å². The highest BCUT2D eigenvalue weighted by Gasteiger charge is 2.17. The first kappa shape index (κ1) is 14.5. The van der Waals surface area contributed by atoms with Crippen molar-refractivity contribution in [1.82, 2.24) is 9.97 Å². The predicted molar refractivity (Wildman–Crippen MR) is 90.3 cm³/mol. The van der Waals surface area contributed by atoms with Gasteiger partial charge < -0.3 is 10.1 Å². The maximum absolute atomic E-state index is 13.2. The average Bonchev–Trinajstić information content (AvgIpc) is 3.23. The Bertz CT molecular complexity index is 812. The molecule has 3 heterocycles. The van der Waals surface area contributed by atoms with Crippen molar-refractivity contribution >= 4 is 27.4 Å². The summed E-state index contributed by atoms with van der Waals surface area (Å²) in [5, 5.41) is 6.43. The van der Waals surface area contributed by atoms with Crippen molar-refractivity contribution in [2.24, 2.45) is 0 Å². The Morgan fingerprint density at radius 1 is 1.26 bits per heavy atom. The van der Waals surface area contributed by atoms with Crippen molar-refractivity contribution in [3.63, 3.8) is 0 Å². The summed E-state index contributed by atoms with van der Waals surface area (Å²) in [6, 6.07) is 6.52. The Hall–Kier alpha value is -2.05. The molecule has 4 nitrogen and oxygen atoms in total. The Kier molecular flexibility index (Phi) is 3.93. The topological polar surface area (TPSA) is 47.0 Å². The lowest BCUT2D eigenvalue weighted by molar-refractivity contribution is 0.120. The van der Waals surface area contributed by atoms with E-state index >= 15 is 0 Å². The van der Waals surface area contributed by atoms with Gasteiger partial charge in [-0.1, -0.05) is 12.1 Å². The molecule has 118 valence electrons. The number of ether oxygens (including phenoxy) is 1. The van der Waals surface area contributed by atoms with Crippen molar-refractivity contribution in [2.75, 3.05) is 18.5 Å². The molecule has 1 atom stereocenters. The number of aromatic nitrogens is 2. The van der Waals surface area contributed by atoms with Gasteiger partial charge in [0.2, 0.25) is 0 Å². The summed E-state index contributed by atoms with van der Waals surface area (Å²) in [6.45, 7) is 1.58. The van der Waals surface area contributed by atoms with E-state index < -0.39 is 0 Å². The number of fused-ring (bicyclic) bond motifs is 1. The van der Waals surface area contributed by atoms with Crippen molar-refractivity contribution in [2.45, 2.75) is 18.9 Å². The quantitative estimate of drug-likeness (QED) is 0.783. The van der Waals surface area contributed by atoms with Crippen molar-refractivity contribution in [1.29, 1.82) is 0 Å². The number of halogens is 1. The van der Waals surface area contributed by atoms with Crippen LogP contribution < -0.4 is 5.32 Å².